The number of halogens is 1. The molecule has 12 nitrogen and oxygen atoms in total. The Morgan fingerprint density at radius 3 is 2.38 bits per heavy atom. The van der Waals surface area contributed by atoms with Crippen LogP contribution >= 0.6 is 11.6 Å². The molecule has 236 valence electrons. The van der Waals surface area contributed by atoms with Gasteiger partial charge in [-0.1, -0.05) is 59.3 Å². The van der Waals surface area contributed by atoms with E-state index < -0.39 is 5.97 Å². The topological polar surface area (TPSA) is 139 Å². The van der Waals surface area contributed by atoms with E-state index in [9.17, 15) is 9.59 Å². The van der Waals surface area contributed by atoms with Crippen LogP contribution in [0.3, 0.4) is 0 Å². The molecule has 0 saturated heterocycles. The third-order valence-electron chi connectivity index (χ3n) is 7.35. The summed E-state index contributed by atoms with van der Waals surface area (Å²) in [7, 11) is 1.59. The molecule has 0 aliphatic heterocycles. The van der Waals surface area contributed by atoms with Gasteiger partial charge in [-0.3, -0.25) is 4.79 Å². The Bertz CT molecular complexity index is 1950. The molecule has 1 atom stereocenters. The first-order valence-electron chi connectivity index (χ1n) is 14.6. The van der Waals surface area contributed by atoms with Gasteiger partial charge >= 0.3 is 5.97 Å². The number of hydrogen-bond donors (Lipinski definition) is 1. The minimum atomic E-state index is -0.486. The van der Waals surface area contributed by atoms with Gasteiger partial charge in [0.1, 0.15) is 24.4 Å². The number of tetrazole rings is 1. The second-order valence-electron chi connectivity index (χ2n) is 10.6. The first kappa shape index (κ1) is 31.1. The summed E-state index contributed by atoms with van der Waals surface area (Å²) < 4.78 is 13.8. The summed E-state index contributed by atoms with van der Waals surface area (Å²) in [6.07, 6.45) is 3.82. The summed E-state index contributed by atoms with van der Waals surface area (Å²) >= 11 is 6.31. The number of esters is 1. The van der Waals surface area contributed by atoms with Gasteiger partial charge in [0, 0.05) is 16.1 Å². The molecule has 47 heavy (non-hydrogen) atoms. The quantitative estimate of drug-likeness (QED) is 0.182. The molecule has 0 bridgehead atoms. The molecular weight excluding hydrogens is 620 g/mol. The molecular formula is C34H29ClN8O4. The number of aromatic nitrogens is 7. The van der Waals surface area contributed by atoms with Gasteiger partial charge in [0.15, 0.2) is 0 Å². The van der Waals surface area contributed by atoms with E-state index in [0.29, 0.717) is 46.1 Å². The predicted molar refractivity (Wildman–Crippen MR) is 173 cm³/mol. The maximum atomic E-state index is 13.4. The molecule has 0 aliphatic carbocycles. The summed E-state index contributed by atoms with van der Waals surface area (Å²) in [5.74, 6) is -0.0562. The molecule has 0 aliphatic rings. The molecule has 2 heterocycles. The van der Waals surface area contributed by atoms with Crippen molar-refractivity contribution in [3.63, 3.8) is 0 Å². The Labute approximate surface area is 274 Å². The molecule has 0 spiro atoms. The van der Waals surface area contributed by atoms with Crippen molar-refractivity contribution >= 4 is 23.5 Å². The molecule has 0 fully saturated rings. The number of benzene rings is 4. The SMILES string of the molecule is COc1ccc(COC(=O)c2ccc(C(=O)NC(Cc3ccccc3)Cn3cc(-c4cc(Cl)ccc4-n4cnnn4)nn3)cc2)cc1. The summed E-state index contributed by atoms with van der Waals surface area (Å²) in [4.78, 5) is 26.0. The molecule has 6 aromatic rings. The van der Waals surface area contributed by atoms with Gasteiger partial charge < -0.3 is 14.8 Å². The number of hydrogen-bond acceptors (Lipinski definition) is 9. The smallest absolute Gasteiger partial charge is 0.338 e. The molecule has 0 saturated carbocycles. The Morgan fingerprint density at radius 1 is 0.894 bits per heavy atom. The highest BCUT2D eigenvalue weighted by Gasteiger charge is 2.19. The molecule has 1 unspecified atom stereocenters. The molecule has 1 amide bonds. The number of methoxy groups -OCH3 is 1. The molecule has 2 aromatic heterocycles. The number of amides is 1. The van der Waals surface area contributed by atoms with E-state index in [0.717, 1.165) is 16.9 Å². The maximum Gasteiger partial charge on any atom is 0.338 e. The highest BCUT2D eigenvalue weighted by atomic mass is 35.5. The number of rotatable bonds is 12. The number of nitrogens with one attached hydrogen (secondary N) is 1. The largest absolute Gasteiger partial charge is 0.497 e. The van der Waals surface area contributed by atoms with Crippen LogP contribution in [0.25, 0.3) is 16.9 Å². The number of carbonyl (C=O) groups is 2. The number of ether oxygens (including phenoxy) is 2. The summed E-state index contributed by atoms with van der Waals surface area (Å²) in [6, 6.07) is 28.5. The van der Waals surface area contributed by atoms with Crippen molar-refractivity contribution in [3.8, 4) is 22.7 Å². The van der Waals surface area contributed by atoms with E-state index in [-0.39, 0.29) is 18.6 Å². The van der Waals surface area contributed by atoms with Gasteiger partial charge in [-0.15, -0.1) is 10.2 Å². The van der Waals surface area contributed by atoms with E-state index in [1.165, 1.54) is 11.0 Å². The van der Waals surface area contributed by atoms with Gasteiger partial charge in [-0.25, -0.2) is 9.48 Å². The molecule has 13 heteroatoms. The zero-order valence-corrected chi connectivity index (χ0v) is 26.0. The third-order valence-corrected chi connectivity index (χ3v) is 7.58. The van der Waals surface area contributed by atoms with Crippen molar-refractivity contribution < 1.29 is 19.1 Å². The lowest BCUT2D eigenvalue weighted by atomic mass is 10.0. The highest BCUT2D eigenvalue weighted by molar-refractivity contribution is 6.31. The van der Waals surface area contributed by atoms with Crippen molar-refractivity contribution in [2.45, 2.75) is 25.6 Å². The minimum absolute atomic E-state index is 0.118. The fourth-order valence-corrected chi connectivity index (χ4v) is 5.13. The lowest BCUT2D eigenvalue weighted by Crippen LogP contribution is -2.39. The van der Waals surface area contributed by atoms with Crippen LogP contribution in [0.5, 0.6) is 5.75 Å². The van der Waals surface area contributed by atoms with Crippen LogP contribution in [0, 0.1) is 0 Å². The second-order valence-corrected chi connectivity index (χ2v) is 11.0. The van der Waals surface area contributed by atoms with Crippen molar-refractivity contribution in [1.82, 2.24) is 40.5 Å². The van der Waals surface area contributed by atoms with Crippen LogP contribution < -0.4 is 10.1 Å². The number of carbonyl (C=O) groups excluding carboxylic acids is 2. The van der Waals surface area contributed by atoms with Gasteiger partial charge in [0.2, 0.25) is 0 Å². The average molecular weight is 649 g/mol. The van der Waals surface area contributed by atoms with Gasteiger partial charge in [-0.2, -0.15) is 4.68 Å². The van der Waals surface area contributed by atoms with Crippen molar-refractivity contribution in [3.05, 3.63) is 137 Å². The first-order valence-corrected chi connectivity index (χ1v) is 15.0. The fraction of sp³-hybridized carbons (Fsp3) is 0.147. The lowest BCUT2D eigenvalue weighted by Gasteiger charge is -2.19. The van der Waals surface area contributed by atoms with Crippen LogP contribution in [0.2, 0.25) is 5.02 Å². The van der Waals surface area contributed by atoms with E-state index in [2.05, 4.69) is 31.2 Å². The molecule has 1 N–H and O–H groups in total. The van der Waals surface area contributed by atoms with Crippen molar-refractivity contribution in [2.24, 2.45) is 0 Å². The summed E-state index contributed by atoms with van der Waals surface area (Å²) in [5, 5.41) is 23.8. The van der Waals surface area contributed by atoms with Gasteiger partial charge in [-0.05, 0) is 82.6 Å². The van der Waals surface area contributed by atoms with E-state index in [4.69, 9.17) is 21.1 Å². The normalized spacial score (nSPS) is 11.5. The summed E-state index contributed by atoms with van der Waals surface area (Å²) in [6.45, 7) is 0.455. The average Bonchev–Trinajstić information content (AvgIpc) is 3.81. The zero-order chi connectivity index (χ0) is 32.6. The highest BCUT2D eigenvalue weighted by Crippen LogP contribution is 2.27. The van der Waals surface area contributed by atoms with Crippen LogP contribution in [0.1, 0.15) is 31.8 Å². The van der Waals surface area contributed by atoms with Gasteiger partial charge in [0.05, 0.1) is 37.1 Å². The van der Waals surface area contributed by atoms with Crippen LogP contribution in [-0.2, 0) is 24.3 Å². The Kier molecular flexibility index (Phi) is 9.59. The minimum Gasteiger partial charge on any atom is -0.497 e. The maximum absolute atomic E-state index is 13.4. The van der Waals surface area contributed by atoms with Crippen LogP contribution in [0.15, 0.2) is 110 Å². The third kappa shape index (κ3) is 7.86. The van der Waals surface area contributed by atoms with E-state index in [1.54, 1.807) is 72.6 Å². The predicted octanol–water partition coefficient (Wildman–Crippen LogP) is 4.98. The number of nitrogens with zero attached hydrogens (tertiary/aromatic N) is 7. The van der Waals surface area contributed by atoms with E-state index in [1.807, 2.05) is 42.5 Å². The fourth-order valence-electron chi connectivity index (χ4n) is 4.96. The Hall–Kier alpha value is -5.88. The summed E-state index contributed by atoms with van der Waals surface area (Å²) in [5.41, 5.74) is 4.57. The Morgan fingerprint density at radius 2 is 1.66 bits per heavy atom. The second kappa shape index (κ2) is 14.5. The van der Waals surface area contributed by atoms with Gasteiger partial charge in [0.25, 0.3) is 5.91 Å². The Balaban J connectivity index is 1.14. The van der Waals surface area contributed by atoms with Crippen LogP contribution in [0.4, 0.5) is 0 Å². The first-order chi connectivity index (χ1) is 22.9. The van der Waals surface area contributed by atoms with E-state index >= 15 is 0 Å². The molecule has 6 rings (SSSR count). The lowest BCUT2D eigenvalue weighted by molar-refractivity contribution is 0.0472. The van der Waals surface area contributed by atoms with Crippen LogP contribution in [-0.4, -0.2) is 60.2 Å². The van der Waals surface area contributed by atoms with Crippen molar-refractivity contribution in [2.75, 3.05) is 7.11 Å². The molecule has 4 aromatic carbocycles. The molecule has 0 radical (unpaired) electrons. The standard InChI is InChI=1S/C34H29ClN8O4/c1-46-29-14-7-24(8-15-29)21-47-34(45)26-11-9-25(10-12-26)33(44)37-28(17-23-5-3-2-4-6-23)19-42-20-31(38-40-42)30-18-27(35)13-16-32(30)43-22-36-39-41-43/h2-16,18,20,22,28H,17,19,21H2,1H3,(H,37,44). The van der Waals surface area contributed by atoms with Crippen molar-refractivity contribution in [1.29, 1.82) is 0 Å². The monoisotopic (exact) mass is 648 g/mol. The zero-order valence-electron chi connectivity index (χ0n) is 25.2.